The summed E-state index contributed by atoms with van der Waals surface area (Å²) in [7, 11) is 0. The first-order valence-electron chi connectivity index (χ1n) is 9.12. The zero-order valence-electron chi connectivity index (χ0n) is 15.4. The smallest absolute Gasteiger partial charge is 0.257 e. The Balaban J connectivity index is 1.78. The van der Waals surface area contributed by atoms with E-state index in [-0.39, 0.29) is 17.4 Å². The van der Waals surface area contributed by atoms with Crippen molar-refractivity contribution >= 4 is 17.7 Å². The zero-order chi connectivity index (χ0) is 18.5. The van der Waals surface area contributed by atoms with Gasteiger partial charge in [-0.2, -0.15) is 0 Å². The minimum atomic E-state index is -0.186. The van der Waals surface area contributed by atoms with Crippen LogP contribution in [0, 0.1) is 12.8 Å². The number of rotatable bonds is 6. The van der Waals surface area contributed by atoms with Crippen molar-refractivity contribution in [2.75, 3.05) is 12.3 Å². The van der Waals surface area contributed by atoms with Crippen LogP contribution in [0.15, 0.2) is 46.5 Å². The van der Waals surface area contributed by atoms with Gasteiger partial charge in [-0.25, -0.2) is 4.98 Å². The number of carbonyl (C=O) groups is 1. The number of aromatic nitrogens is 2. The van der Waals surface area contributed by atoms with E-state index < -0.39 is 0 Å². The fraction of sp³-hybridized carbons (Fsp3) is 0.450. The lowest BCUT2D eigenvalue weighted by Gasteiger charge is -2.30. The maximum absolute atomic E-state index is 13.2. The van der Waals surface area contributed by atoms with Gasteiger partial charge in [0.15, 0.2) is 5.16 Å². The Bertz CT molecular complexity index is 820. The lowest BCUT2D eigenvalue weighted by molar-refractivity contribution is -0.136. The number of unbranched alkanes of at least 4 members (excludes halogenated alkanes) is 1. The second kappa shape index (κ2) is 8.54. The van der Waals surface area contributed by atoms with Gasteiger partial charge in [-0.05, 0) is 18.9 Å². The molecule has 3 rings (SSSR count). The van der Waals surface area contributed by atoms with Crippen molar-refractivity contribution in [1.29, 1.82) is 0 Å². The van der Waals surface area contributed by atoms with Gasteiger partial charge in [-0.15, -0.1) is 0 Å². The highest BCUT2D eigenvalue weighted by Crippen LogP contribution is 2.26. The van der Waals surface area contributed by atoms with E-state index >= 15 is 0 Å². The number of hydrogen-bond donors (Lipinski definition) is 0. The van der Waals surface area contributed by atoms with Gasteiger partial charge in [0.25, 0.3) is 5.56 Å². The Morgan fingerprint density at radius 2 is 2.12 bits per heavy atom. The Hall–Kier alpha value is -2.08. The van der Waals surface area contributed by atoms with Gasteiger partial charge >= 0.3 is 0 Å². The molecule has 0 N–H and O–H groups in total. The van der Waals surface area contributed by atoms with Crippen LogP contribution in [0.25, 0.3) is 0 Å². The summed E-state index contributed by atoms with van der Waals surface area (Å²) in [6.45, 7) is 5.69. The van der Waals surface area contributed by atoms with Gasteiger partial charge in [0, 0.05) is 37.1 Å². The Kier molecular flexibility index (Phi) is 6.14. The van der Waals surface area contributed by atoms with E-state index in [0.717, 1.165) is 24.9 Å². The molecule has 0 saturated heterocycles. The summed E-state index contributed by atoms with van der Waals surface area (Å²) in [4.78, 5) is 31.9. The molecule has 1 amide bonds. The number of amides is 1. The van der Waals surface area contributed by atoms with Crippen molar-refractivity contribution in [1.82, 2.24) is 14.5 Å². The molecule has 0 spiro atoms. The van der Waals surface area contributed by atoms with Crippen molar-refractivity contribution in [2.45, 2.75) is 44.9 Å². The number of thioether (sulfide) groups is 1. The van der Waals surface area contributed by atoms with Crippen LogP contribution in [0.2, 0.25) is 0 Å². The second-order valence-corrected chi connectivity index (χ2v) is 7.73. The van der Waals surface area contributed by atoms with E-state index in [9.17, 15) is 9.59 Å². The van der Waals surface area contributed by atoms with Gasteiger partial charge in [-0.3, -0.25) is 14.2 Å². The standard InChI is InChI=1S/C20H25N3O2S/c1-3-4-10-22(12-16-8-6-5-7-9-16)19(25)17-13-23-18(24)15(2)11-21-20(23)26-14-17/h5-9,11,17H,3-4,10,12-14H2,1-2H3. The molecule has 1 aromatic carbocycles. The monoisotopic (exact) mass is 371 g/mol. The third-order valence-corrected chi connectivity index (χ3v) is 5.81. The van der Waals surface area contributed by atoms with Crippen LogP contribution >= 0.6 is 11.8 Å². The molecule has 0 radical (unpaired) electrons. The molecular formula is C20H25N3O2S. The first kappa shape index (κ1) is 18.7. The van der Waals surface area contributed by atoms with Gasteiger partial charge in [0.1, 0.15) is 0 Å². The quantitative estimate of drug-likeness (QED) is 0.732. The number of aryl methyl sites for hydroxylation is 1. The van der Waals surface area contributed by atoms with E-state index in [1.807, 2.05) is 23.1 Å². The van der Waals surface area contributed by atoms with Crippen LogP contribution in [0.5, 0.6) is 0 Å². The van der Waals surface area contributed by atoms with Crippen molar-refractivity contribution in [3.63, 3.8) is 0 Å². The highest BCUT2D eigenvalue weighted by Gasteiger charge is 2.30. The molecule has 0 saturated carbocycles. The van der Waals surface area contributed by atoms with Crippen LogP contribution in [0.3, 0.4) is 0 Å². The Morgan fingerprint density at radius 3 is 2.85 bits per heavy atom. The summed E-state index contributed by atoms with van der Waals surface area (Å²) < 4.78 is 1.66. The van der Waals surface area contributed by atoms with Crippen molar-refractivity contribution in [3.05, 3.63) is 58.0 Å². The van der Waals surface area contributed by atoms with E-state index in [1.165, 1.54) is 11.8 Å². The maximum Gasteiger partial charge on any atom is 0.257 e. The molecular weight excluding hydrogens is 346 g/mol. The van der Waals surface area contributed by atoms with Crippen molar-refractivity contribution in [2.24, 2.45) is 5.92 Å². The van der Waals surface area contributed by atoms with E-state index in [4.69, 9.17) is 0 Å². The summed E-state index contributed by atoms with van der Waals surface area (Å²) in [5.41, 5.74) is 1.72. The van der Waals surface area contributed by atoms with Crippen molar-refractivity contribution in [3.8, 4) is 0 Å². The predicted molar refractivity (Wildman–Crippen MR) is 104 cm³/mol. The number of fused-ring (bicyclic) bond motifs is 1. The molecule has 1 atom stereocenters. The molecule has 1 unspecified atom stereocenters. The highest BCUT2D eigenvalue weighted by molar-refractivity contribution is 7.99. The predicted octanol–water partition coefficient (Wildman–Crippen LogP) is 3.10. The summed E-state index contributed by atoms with van der Waals surface area (Å²) in [6, 6.07) is 10.1. The SMILES string of the molecule is CCCCN(Cc1ccccc1)C(=O)C1CSc2ncc(C)c(=O)n2C1. The van der Waals surface area contributed by atoms with Gasteiger partial charge in [0.2, 0.25) is 5.91 Å². The lowest BCUT2D eigenvalue weighted by Crippen LogP contribution is -2.42. The van der Waals surface area contributed by atoms with E-state index in [1.54, 1.807) is 17.7 Å². The molecule has 26 heavy (non-hydrogen) atoms. The normalized spacial score (nSPS) is 16.2. The first-order valence-corrected chi connectivity index (χ1v) is 10.1. The first-order chi connectivity index (χ1) is 12.6. The highest BCUT2D eigenvalue weighted by atomic mass is 32.2. The molecule has 5 nitrogen and oxygen atoms in total. The van der Waals surface area contributed by atoms with Crippen LogP contribution < -0.4 is 5.56 Å². The third-order valence-electron chi connectivity index (χ3n) is 4.66. The van der Waals surface area contributed by atoms with Crippen LogP contribution in [0.4, 0.5) is 0 Å². The molecule has 138 valence electrons. The molecule has 1 aromatic heterocycles. The topological polar surface area (TPSA) is 55.2 Å². The zero-order valence-corrected chi connectivity index (χ0v) is 16.2. The fourth-order valence-electron chi connectivity index (χ4n) is 3.13. The fourth-order valence-corrected chi connectivity index (χ4v) is 4.17. The van der Waals surface area contributed by atoms with Crippen LogP contribution in [0.1, 0.15) is 30.9 Å². The van der Waals surface area contributed by atoms with Gasteiger partial charge in [-0.1, -0.05) is 55.4 Å². The molecule has 1 aliphatic heterocycles. The second-order valence-electron chi connectivity index (χ2n) is 6.75. The number of hydrogen-bond acceptors (Lipinski definition) is 4. The largest absolute Gasteiger partial charge is 0.338 e. The molecule has 1 aliphatic rings. The average Bonchev–Trinajstić information content (AvgIpc) is 2.68. The minimum Gasteiger partial charge on any atom is -0.338 e. The minimum absolute atomic E-state index is 0.0387. The molecule has 2 heterocycles. The number of carbonyl (C=O) groups excluding carboxylic acids is 1. The van der Waals surface area contributed by atoms with E-state index in [0.29, 0.717) is 29.6 Å². The molecule has 0 aliphatic carbocycles. The number of nitrogens with zero attached hydrogens (tertiary/aromatic N) is 3. The Morgan fingerprint density at radius 1 is 1.35 bits per heavy atom. The van der Waals surface area contributed by atoms with Crippen molar-refractivity contribution < 1.29 is 4.79 Å². The summed E-state index contributed by atoms with van der Waals surface area (Å²) in [6.07, 6.45) is 3.64. The Labute approximate surface area is 158 Å². The molecule has 0 bridgehead atoms. The molecule has 0 fully saturated rings. The van der Waals surface area contributed by atoms with Crippen LogP contribution in [-0.2, 0) is 17.9 Å². The summed E-state index contributed by atoms with van der Waals surface area (Å²) in [5.74, 6) is 0.620. The third kappa shape index (κ3) is 4.18. The summed E-state index contributed by atoms with van der Waals surface area (Å²) >= 11 is 1.50. The van der Waals surface area contributed by atoms with Gasteiger partial charge in [0.05, 0.1) is 5.92 Å². The summed E-state index contributed by atoms with van der Waals surface area (Å²) in [5, 5.41) is 0.716. The van der Waals surface area contributed by atoms with Crippen LogP contribution in [-0.4, -0.2) is 32.7 Å². The average molecular weight is 372 g/mol. The maximum atomic E-state index is 13.2. The number of benzene rings is 1. The van der Waals surface area contributed by atoms with Gasteiger partial charge < -0.3 is 4.90 Å². The van der Waals surface area contributed by atoms with E-state index in [2.05, 4.69) is 24.0 Å². The molecule has 2 aromatic rings. The molecule has 6 heteroatoms. The lowest BCUT2D eigenvalue weighted by atomic mass is 10.1.